The van der Waals surface area contributed by atoms with E-state index >= 15 is 0 Å². The van der Waals surface area contributed by atoms with Crippen LogP contribution in [0.5, 0.6) is 5.75 Å². The SMILES string of the molecule is Cc1ccc(NC(c2ccc(O)cc2)P(=O)(OC(C)C)OC(C)C)cc1. The molecule has 0 aliphatic heterocycles. The standard InChI is InChI=1S/C20H28NO4P/c1-14(2)24-26(23,25-15(3)4)20(17-8-12-19(22)13-9-17)21-18-10-6-16(5)7-11-18/h6-15,20-22H,1-5H3. The van der Waals surface area contributed by atoms with E-state index in [4.69, 9.17) is 9.05 Å². The second-order valence-electron chi connectivity index (χ2n) is 6.85. The van der Waals surface area contributed by atoms with Gasteiger partial charge in [0.2, 0.25) is 0 Å². The lowest BCUT2D eigenvalue weighted by Gasteiger charge is -2.31. The summed E-state index contributed by atoms with van der Waals surface area (Å²) in [6.07, 6.45) is -0.530. The van der Waals surface area contributed by atoms with Crippen molar-refractivity contribution in [2.45, 2.75) is 52.6 Å². The fourth-order valence-electron chi connectivity index (χ4n) is 2.54. The zero-order chi connectivity index (χ0) is 19.3. The summed E-state index contributed by atoms with van der Waals surface area (Å²) in [6, 6.07) is 14.4. The van der Waals surface area contributed by atoms with Crippen molar-refractivity contribution in [3.8, 4) is 5.75 Å². The van der Waals surface area contributed by atoms with Crippen LogP contribution in [-0.4, -0.2) is 17.3 Å². The monoisotopic (exact) mass is 377 g/mol. The maximum absolute atomic E-state index is 13.7. The van der Waals surface area contributed by atoms with Crippen LogP contribution in [0.4, 0.5) is 5.69 Å². The first kappa shape index (κ1) is 20.5. The van der Waals surface area contributed by atoms with Crippen LogP contribution < -0.4 is 5.32 Å². The van der Waals surface area contributed by atoms with E-state index in [0.717, 1.165) is 11.3 Å². The van der Waals surface area contributed by atoms with Crippen LogP contribution in [0, 0.1) is 6.92 Å². The first-order chi connectivity index (χ1) is 12.2. The molecule has 0 aromatic heterocycles. The predicted octanol–water partition coefficient (Wildman–Crippen LogP) is 5.85. The third kappa shape index (κ3) is 5.60. The third-order valence-corrected chi connectivity index (χ3v) is 6.09. The molecule has 5 nitrogen and oxygen atoms in total. The number of hydrogen-bond acceptors (Lipinski definition) is 5. The smallest absolute Gasteiger partial charge is 0.357 e. The van der Waals surface area contributed by atoms with E-state index in [9.17, 15) is 9.67 Å². The van der Waals surface area contributed by atoms with Gasteiger partial charge in [-0.15, -0.1) is 0 Å². The third-order valence-electron chi connectivity index (χ3n) is 3.60. The molecule has 26 heavy (non-hydrogen) atoms. The number of nitrogens with one attached hydrogen (secondary N) is 1. The van der Waals surface area contributed by atoms with Gasteiger partial charge in [0.1, 0.15) is 5.75 Å². The Labute approximate surface area is 155 Å². The summed E-state index contributed by atoms with van der Waals surface area (Å²) < 4.78 is 25.3. The molecule has 2 N–H and O–H groups in total. The average Bonchev–Trinajstić information content (AvgIpc) is 2.53. The molecule has 142 valence electrons. The lowest BCUT2D eigenvalue weighted by Crippen LogP contribution is -2.19. The normalized spacial score (nSPS) is 13.2. The van der Waals surface area contributed by atoms with Crippen LogP contribution in [0.2, 0.25) is 0 Å². The Balaban J connectivity index is 2.47. The highest BCUT2D eigenvalue weighted by Crippen LogP contribution is 2.62. The minimum absolute atomic E-state index is 0.146. The summed E-state index contributed by atoms with van der Waals surface area (Å²) in [5.41, 5.74) is 2.67. The second kappa shape index (κ2) is 8.72. The highest BCUT2D eigenvalue weighted by molar-refractivity contribution is 7.54. The van der Waals surface area contributed by atoms with E-state index in [1.54, 1.807) is 24.3 Å². The molecule has 1 unspecified atom stereocenters. The quantitative estimate of drug-likeness (QED) is 0.565. The van der Waals surface area contributed by atoms with Crippen molar-refractivity contribution >= 4 is 13.3 Å². The van der Waals surface area contributed by atoms with Gasteiger partial charge in [-0.25, -0.2) is 0 Å². The van der Waals surface area contributed by atoms with Gasteiger partial charge in [0.05, 0.1) is 12.2 Å². The Hall–Kier alpha value is -1.81. The average molecular weight is 377 g/mol. The fourth-order valence-corrected chi connectivity index (χ4v) is 4.86. The zero-order valence-corrected chi connectivity index (χ0v) is 16.9. The van der Waals surface area contributed by atoms with Gasteiger partial charge in [-0.05, 0) is 64.4 Å². The largest absolute Gasteiger partial charge is 0.508 e. The molecular formula is C20H28NO4P. The number of phenols is 1. The van der Waals surface area contributed by atoms with Crippen molar-refractivity contribution in [3.63, 3.8) is 0 Å². The number of aromatic hydroxyl groups is 1. The molecule has 2 aromatic rings. The van der Waals surface area contributed by atoms with E-state index in [-0.39, 0.29) is 18.0 Å². The van der Waals surface area contributed by atoms with Crippen molar-refractivity contribution in [1.82, 2.24) is 0 Å². The molecule has 2 aromatic carbocycles. The molecule has 0 saturated carbocycles. The van der Waals surface area contributed by atoms with Crippen LogP contribution in [0.3, 0.4) is 0 Å². The molecule has 0 radical (unpaired) electrons. The van der Waals surface area contributed by atoms with Gasteiger partial charge >= 0.3 is 7.60 Å². The van der Waals surface area contributed by atoms with Crippen molar-refractivity contribution in [2.75, 3.05) is 5.32 Å². The molecule has 0 aliphatic rings. The summed E-state index contributed by atoms with van der Waals surface area (Å²) in [4.78, 5) is 0. The molecule has 0 aliphatic carbocycles. The molecule has 0 saturated heterocycles. The van der Waals surface area contributed by atoms with Crippen molar-refractivity contribution in [1.29, 1.82) is 0 Å². The van der Waals surface area contributed by atoms with Gasteiger partial charge in [0.15, 0.2) is 5.78 Å². The predicted molar refractivity (Wildman–Crippen MR) is 106 cm³/mol. The summed E-state index contributed by atoms with van der Waals surface area (Å²) in [6.45, 7) is 9.33. The van der Waals surface area contributed by atoms with Gasteiger partial charge < -0.3 is 19.5 Å². The van der Waals surface area contributed by atoms with Gasteiger partial charge in [0, 0.05) is 5.69 Å². The maximum Gasteiger partial charge on any atom is 0.357 e. The lowest BCUT2D eigenvalue weighted by atomic mass is 10.2. The van der Waals surface area contributed by atoms with Crippen LogP contribution >= 0.6 is 7.60 Å². The van der Waals surface area contributed by atoms with E-state index < -0.39 is 13.4 Å². The number of phenolic OH excluding ortho intramolecular Hbond substituents is 1. The Morgan fingerprint density at radius 3 is 1.85 bits per heavy atom. The summed E-state index contributed by atoms with van der Waals surface area (Å²) in [5, 5.41) is 12.9. The topological polar surface area (TPSA) is 67.8 Å². The summed E-state index contributed by atoms with van der Waals surface area (Å²) >= 11 is 0. The molecule has 2 rings (SSSR count). The molecule has 0 bridgehead atoms. The van der Waals surface area contributed by atoms with Gasteiger partial charge in [-0.3, -0.25) is 4.57 Å². The van der Waals surface area contributed by atoms with Crippen molar-refractivity contribution < 1.29 is 18.7 Å². The minimum atomic E-state index is -3.55. The maximum atomic E-state index is 13.7. The molecule has 0 heterocycles. The number of benzene rings is 2. The van der Waals surface area contributed by atoms with E-state index in [1.807, 2.05) is 58.9 Å². The van der Waals surface area contributed by atoms with Crippen LogP contribution in [0.25, 0.3) is 0 Å². The molecule has 0 amide bonds. The first-order valence-corrected chi connectivity index (χ1v) is 10.4. The van der Waals surface area contributed by atoms with E-state index in [2.05, 4.69) is 5.32 Å². The first-order valence-electron chi connectivity index (χ1n) is 8.78. The Morgan fingerprint density at radius 1 is 0.885 bits per heavy atom. The molecule has 0 fully saturated rings. The molecular weight excluding hydrogens is 349 g/mol. The van der Waals surface area contributed by atoms with Gasteiger partial charge in [0.25, 0.3) is 0 Å². The number of rotatable bonds is 8. The highest BCUT2D eigenvalue weighted by Gasteiger charge is 2.39. The van der Waals surface area contributed by atoms with Crippen molar-refractivity contribution in [3.05, 3.63) is 59.7 Å². The summed E-state index contributed by atoms with van der Waals surface area (Å²) in [5.74, 6) is -0.553. The number of hydrogen-bond donors (Lipinski definition) is 2. The molecule has 6 heteroatoms. The van der Waals surface area contributed by atoms with E-state index in [1.165, 1.54) is 0 Å². The zero-order valence-electron chi connectivity index (χ0n) is 16.0. The summed E-state index contributed by atoms with van der Waals surface area (Å²) in [7, 11) is -3.55. The number of anilines is 1. The Bertz CT molecular complexity index is 727. The van der Waals surface area contributed by atoms with Crippen LogP contribution in [-0.2, 0) is 13.6 Å². The van der Waals surface area contributed by atoms with Crippen LogP contribution in [0.15, 0.2) is 48.5 Å². The van der Waals surface area contributed by atoms with Gasteiger partial charge in [-0.2, -0.15) is 0 Å². The van der Waals surface area contributed by atoms with E-state index in [0.29, 0.717) is 5.56 Å². The Morgan fingerprint density at radius 2 is 1.38 bits per heavy atom. The number of aryl methyl sites for hydroxylation is 1. The highest BCUT2D eigenvalue weighted by atomic mass is 31.2. The van der Waals surface area contributed by atoms with Crippen LogP contribution in [0.1, 0.15) is 44.6 Å². The fraction of sp³-hybridized carbons (Fsp3) is 0.400. The molecule has 0 spiro atoms. The molecule has 1 atom stereocenters. The second-order valence-corrected chi connectivity index (χ2v) is 8.87. The Kier molecular flexibility index (Phi) is 6.87. The minimum Gasteiger partial charge on any atom is -0.508 e. The van der Waals surface area contributed by atoms with Gasteiger partial charge in [-0.1, -0.05) is 29.8 Å². The lowest BCUT2D eigenvalue weighted by molar-refractivity contribution is 0.138. The van der Waals surface area contributed by atoms with Crippen molar-refractivity contribution in [2.24, 2.45) is 0 Å².